The molecule has 3 N–H and O–H groups in total. The lowest BCUT2D eigenvalue weighted by atomic mass is 9.98. The smallest absolute Gasteiger partial charge is 0.307 e. The van der Waals surface area contributed by atoms with Crippen LogP contribution in [0.4, 0.5) is 0 Å². The first kappa shape index (κ1) is 31.5. The van der Waals surface area contributed by atoms with E-state index in [-0.39, 0.29) is 49.0 Å². The number of amidine groups is 2. The summed E-state index contributed by atoms with van der Waals surface area (Å²) in [6.07, 6.45) is 8.36. The maximum absolute atomic E-state index is 13.1. The molecule has 1 aliphatic heterocycles. The van der Waals surface area contributed by atoms with Gasteiger partial charge in [0.25, 0.3) is 5.91 Å². The van der Waals surface area contributed by atoms with Crippen LogP contribution in [0.15, 0.2) is 34.3 Å². The Balaban J connectivity index is 1.29. The van der Waals surface area contributed by atoms with E-state index in [0.717, 1.165) is 38.5 Å². The Bertz CT molecular complexity index is 1190. The highest BCUT2D eigenvalue weighted by molar-refractivity contribution is 8.15. The number of benzene rings is 1. The van der Waals surface area contributed by atoms with Crippen LogP contribution in [-0.4, -0.2) is 83.3 Å². The van der Waals surface area contributed by atoms with Crippen LogP contribution in [0.3, 0.4) is 0 Å². The number of hydrogen-bond acceptors (Lipinski definition) is 8. The number of methoxy groups -OCH3 is 1. The molecule has 1 aromatic rings. The lowest BCUT2D eigenvalue weighted by molar-refractivity contribution is -0.150. The third kappa shape index (κ3) is 8.80. The number of nitrogens with two attached hydrogens (primary N) is 1. The van der Waals surface area contributed by atoms with E-state index >= 15 is 0 Å². The monoisotopic (exact) mass is 599 g/mol. The number of nitrogens with zero attached hydrogens (tertiary/aromatic N) is 3. The molecular formula is C30H41N5O6S. The Morgan fingerprint density at radius 2 is 1.69 bits per heavy atom. The van der Waals surface area contributed by atoms with Crippen molar-refractivity contribution in [3.8, 4) is 0 Å². The number of carbonyl (C=O) groups is 4. The molecule has 228 valence electrons. The Kier molecular flexibility index (Phi) is 11.4. The van der Waals surface area contributed by atoms with Gasteiger partial charge in [-0.1, -0.05) is 30.3 Å². The Morgan fingerprint density at radius 3 is 2.36 bits per heavy atom. The van der Waals surface area contributed by atoms with Crippen molar-refractivity contribution in [2.24, 2.45) is 15.7 Å². The third-order valence-corrected chi connectivity index (χ3v) is 9.06. The minimum atomic E-state index is -0.442. The van der Waals surface area contributed by atoms with Crippen LogP contribution in [0.2, 0.25) is 0 Å². The second kappa shape index (κ2) is 15.2. The first-order valence-corrected chi connectivity index (χ1v) is 15.7. The number of carbonyl (C=O) groups excluding carboxylic acids is 4. The summed E-state index contributed by atoms with van der Waals surface area (Å²) in [6, 6.07) is 6.90. The number of amides is 2. The number of nitrogens with one attached hydrogen (secondary N) is 1. The molecule has 2 aliphatic carbocycles. The minimum absolute atomic E-state index is 0.0591. The summed E-state index contributed by atoms with van der Waals surface area (Å²) >= 11 is 1.28. The van der Waals surface area contributed by atoms with Crippen molar-refractivity contribution < 1.29 is 28.7 Å². The standard InChI is InChI=1S/C30H41N5O6S/c1-19-26(29(39)33-18-16-24(36)40-2)42-30(35(19)22-14-15-22)34-28(38)21-12-10-20(11-13-21)27(31)32-17-6-9-25(37)41-23-7-4-3-5-8-23/h10-13,19,22-23,26H,3-9,14-18H2,1-2H3,(H2,31,32)(H,33,39). The number of esters is 2. The summed E-state index contributed by atoms with van der Waals surface area (Å²) in [5.74, 6) is -0.830. The van der Waals surface area contributed by atoms with Gasteiger partial charge in [-0.2, -0.15) is 4.99 Å². The highest BCUT2D eigenvalue weighted by Gasteiger charge is 2.47. The highest BCUT2D eigenvalue weighted by Crippen LogP contribution is 2.40. The van der Waals surface area contributed by atoms with Gasteiger partial charge in [-0.05, 0) is 64.0 Å². The largest absolute Gasteiger partial charge is 0.469 e. The Hall–Kier alpha value is -3.41. The minimum Gasteiger partial charge on any atom is -0.469 e. The third-order valence-electron chi connectivity index (χ3n) is 7.68. The van der Waals surface area contributed by atoms with Crippen LogP contribution in [0.1, 0.15) is 87.1 Å². The van der Waals surface area contributed by atoms with Gasteiger partial charge in [0, 0.05) is 42.7 Å². The fraction of sp³-hybridized carbons (Fsp3) is 0.600. The fourth-order valence-corrected chi connectivity index (χ4v) is 6.48. The first-order valence-electron chi connectivity index (χ1n) is 14.8. The van der Waals surface area contributed by atoms with Crippen molar-refractivity contribution in [3.63, 3.8) is 0 Å². The molecule has 1 heterocycles. The van der Waals surface area contributed by atoms with Gasteiger partial charge in [-0.25, -0.2) is 0 Å². The van der Waals surface area contributed by atoms with Crippen LogP contribution < -0.4 is 11.1 Å². The molecule has 4 rings (SSSR count). The number of ether oxygens (including phenoxy) is 2. The van der Waals surface area contributed by atoms with Crippen molar-refractivity contribution in [2.75, 3.05) is 20.2 Å². The van der Waals surface area contributed by atoms with Gasteiger partial charge in [0.2, 0.25) is 5.91 Å². The van der Waals surface area contributed by atoms with Crippen molar-refractivity contribution in [2.45, 2.75) is 94.6 Å². The lowest BCUT2D eigenvalue weighted by Gasteiger charge is -2.24. The van der Waals surface area contributed by atoms with Crippen molar-refractivity contribution in [3.05, 3.63) is 35.4 Å². The molecule has 2 atom stereocenters. The van der Waals surface area contributed by atoms with E-state index in [0.29, 0.717) is 41.5 Å². The highest BCUT2D eigenvalue weighted by atomic mass is 32.2. The van der Waals surface area contributed by atoms with Crippen LogP contribution in [-0.2, 0) is 23.9 Å². The van der Waals surface area contributed by atoms with Gasteiger partial charge >= 0.3 is 11.9 Å². The summed E-state index contributed by atoms with van der Waals surface area (Å²) in [5, 5.41) is 2.88. The maximum Gasteiger partial charge on any atom is 0.307 e. The Morgan fingerprint density at radius 1 is 1.00 bits per heavy atom. The van der Waals surface area contributed by atoms with Gasteiger partial charge in [0.15, 0.2) is 5.17 Å². The molecule has 0 aromatic heterocycles. The number of thioether (sulfide) groups is 1. The van der Waals surface area contributed by atoms with Crippen LogP contribution in [0, 0.1) is 0 Å². The molecule has 12 heteroatoms. The van der Waals surface area contributed by atoms with E-state index in [2.05, 4.69) is 24.9 Å². The maximum atomic E-state index is 13.1. The molecular weight excluding hydrogens is 558 g/mol. The summed E-state index contributed by atoms with van der Waals surface area (Å²) in [7, 11) is 1.31. The zero-order valence-corrected chi connectivity index (χ0v) is 25.2. The van der Waals surface area contributed by atoms with Gasteiger partial charge in [-0.3, -0.25) is 24.2 Å². The molecule has 2 saturated carbocycles. The van der Waals surface area contributed by atoms with E-state index in [1.807, 2.05) is 6.92 Å². The molecule has 2 amide bonds. The average Bonchev–Trinajstić information content (AvgIpc) is 3.78. The normalized spacial score (nSPS) is 22.2. The summed E-state index contributed by atoms with van der Waals surface area (Å²) < 4.78 is 10.2. The van der Waals surface area contributed by atoms with Gasteiger partial charge in [-0.15, -0.1) is 0 Å². The van der Waals surface area contributed by atoms with Crippen LogP contribution in [0.5, 0.6) is 0 Å². The zero-order valence-electron chi connectivity index (χ0n) is 24.4. The number of aliphatic imine (C=N–C) groups is 2. The Labute approximate surface area is 251 Å². The molecule has 0 bridgehead atoms. The van der Waals surface area contributed by atoms with Gasteiger partial charge in [0.05, 0.1) is 13.5 Å². The fourth-order valence-electron chi connectivity index (χ4n) is 5.16. The van der Waals surface area contributed by atoms with E-state index in [1.54, 1.807) is 24.3 Å². The molecule has 1 aromatic carbocycles. The van der Waals surface area contributed by atoms with E-state index in [1.165, 1.54) is 25.3 Å². The second-order valence-electron chi connectivity index (χ2n) is 10.9. The molecule has 2 unspecified atom stereocenters. The number of rotatable bonds is 12. The lowest BCUT2D eigenvalue weighted by Crippen LogP contribution is -2.43. The second-order valence-corrected chi connectivity index (χ2v) is 12.0. The van der Waals surface area contributed by atoms with Gasteiger partial charge < -0.3 is 25.4 Å². The summed E-state index contributed by atoms with van der Waals surface area (Å²) in [5.41, 5.74) is 7.22. The topological polar surface area (TPSA) is 153 Å². The first-order chi connectivity index (χ1) is 20.3. The number of hydrogen-bond donors (Lipinski definition) is 2. The summed E-state index contributed by atoms with van der Waals surface area (Å²) in [4.78, 5) is 60.2. The molecule has 0 spiro atoms. The summed E-state index contributed by atoms with van der Waals surface area (Å²) in [6.45, 7) is 2.55. The predicted octanol–water partition coefficient (Wildman–Crippen LogP) is 3.19. The van der Waals surface area contributed by atoms with Crippen LogP contribution >= 0.6 is 11.8 Å². The van der Waals surface area contributed by atoms with Crippen molar-refractivity contribution in [1.29, 1.82) is 0 Å². The van der Waals surface area contributed by atoms with Crippen molar-refractivity contribution >= 4 is 46.5 Å². The molecule has 3 fully saturated rings. The van der Waals surface area contributed by atoms with E-state index in [4.69, 9.17) is 10.5 Å². The van der Waals surface area contributed by atoms with Crippen LogP contribution in [0.25, 0.3) is 0 Å². The molecule has 42 heavy (non-hydrogen) atoms. The van der Waals surface area contributed by atoms with E-state index < -0.39 is 11.2 Å². The van der Waals surface area contributed by atoms with Gasteiger partial charge in [0.1, 0.15) is 17.2 Å². The average molecular weight is 600 g/mol. The quantitative estimate of drug-likeness (QED) is 0.160. The van der Waals surface area contributed by atoms with E-state index in [9.17, 15) is 19.2 Å². The molecule has 0 radical (unpaired) electrons. The molecule has 11 nitrogen and oxygen atoms in total. The zero-order chi connectivity index (χ0) is 30.1. The molecule has 1 saturated heterocycles. The SMILES string of the molecule is COC(=O)CCNC(=O)C1SC(=NC(=O)c2ccc(C(N)=NCCCC(=O)OC3CCCCC3)cc2)N(C2CC2)C1C. The molecule has 3 aliphatic rings. The van der Waals surface area contributed by atoms with Crippen molar-refractivity contribution in [1.82, 2.24) is 10.2 Å². The predicted molar refractivity (Wildman–Crippen MR) is 161 cm³/mol.